The first-order chi connectivity index (χ1) is 17.0. The van der Waals surface area contributed by atoms with Crippen LogP contribution in [0.25, 0.3) is 0 Å². The minimum atomic E-state index is -4.50. The van der Waals surface area contributed by atoms with Crippen molar-refractivity contribution in [2.24, 2.45) is 52.3 Å². The minimum absolute atomic E-state index is 0.0266. The summed E-state index contributed by atoms with van der Waals surface area (Å²) in [6, 6.07) is 0. The summed E-state index contributed by atoms with van der Waals surface area (Å²) in [4.78, 5) is 0. The Kier molecular flexibility index (Phi) is 8.06. The average Bonchev–Trinajstić information content (AvgIpc) is 3.05. The van der Waals surface area contributed by atoms with E-state index in [0.29, 0.717) is 25.7 Å². The third kappa shape index (κ3) is 5.07. The van der Waals surface area contributed by atoms with Gasteiger partial charge in [-0.05, 0) is 79.4 Å². The van der Waals surface area contributed by atoms with Crippen molar-refractivity contribution in [3.63, 3.8) is 0 Å². The molecule has 4 aliphatic carbocycles. The lowest BCUT2D eigenvalue weighted by Crippen LogP contribution is -2.69. The zero-order valence-corrected chi connectivity index (χ0v) is 23.8. The Balaban J connectivity index is 1.55. The van der Waals surface area contributed by atoms with E-state index in [1.165, 1.54) is 0 Å². The Morgan fingerprint density at radius 3 is 2.32 bits per heavy atom. The van der Waals surface area contributed by atoms with Crippen molar-refractivity contribution in [1.29, 1.82) is 0 Å². The Hall–Kier alpha value is -0.550. The second kappa shape index (κ2) is 10.1. The minimum Gasteiger partial charge on any atom is -0.393 e. The summed E-state index contributed by atoms with van der Waals surface area (Å²) in [6.07, 6.45) is 6.56. The van der Waals surface area contributed by atoms with Crippen LogP contribution in [0.15, 0.2) is 12.2 Å². The molecule has 5 N–H and O–H groups in total. The van der Waals surface area contributed by atoms with E-state index < -0.39 is 39.7 Å². The number of allylic oxidation sites excluding steroid dienone is 1. The lowest BCUT2D eigenvalue weighted by atomic mass is 9.42. The maximum Gasteiger partial charge on any atom is 0.397 e. The second-order valence-electron chi connectivity index (χ2n) is 13.6. The SMILES string of the molecule is CC(C)[C@@H](/C=C/[C@@H](C)[C@H]1CC(O)C2C3C[C@@H](O)[C@@]4(O)C[C@@H](O)CC[C@]4(C)C3CC[C@@]21C)COS(=O)(=O)O. The highest BCUT2D eigenvalue weighted by Crippen LogP contribution is 2.69. The van der Waals surface area contributed by atoms with Crippen LogP contribution in [0.2, 0.25) is 0 Å². The predicted molar refractivity (Wildman–Crippen MR) is 140 cm³/mol. The summed E-state index contributed by atoms with van der Waals surface area (Å²) in [7, 11) is -4.50. The maximum absolute atomic E-state index is 11.7. The van der Waals surface area contributed by atoms with E-state index in [4.69, 9.17) is 4.55 Å². The van der Waals surface area contributed by atoms with Crippen LogP contribution in [0, 0.1) is 52.3 Å². The lowest BCUT2D eigenvalue weighted by Gasteiger charge is -2.65. The quantitative estimate of drug-likeness (QED) is 0.242. The molecule has 0 spiro atoms. The van der Waals surface area contributed by atoms with Gasteiger partial charge in [0, 0.05) is 17.8 Å². The largest absolute Gasteiger partial charge is 0.397 e. The predicted octanol–water partition coefficient (Wildman–Crippen LogP) is 3.35. The second-order valence-corrected chi connectivity index (χ2v) is 14.7. The van der Waals surface area contributed by atoms with Crippen LogP contribution in [0.3, 0.4) is 0 Å². The van der Waals surface area contributed by atoms with Crippen molar-refractivity contribution in [2.75, 3.05) is 6.61 Å². The number of aliphatic hydroxyl groups is 4. The van der Waals surface area contributed by atoms with E-state index in [1.54, 1.807) is 0 Å². The van der Waals surface area contributed by atoms with Gasteiger partial charge in [-0.3, -0.25) is 4.55 Å². The summed E-state index contributed by atoms with van der Waals surface area (Å²) in [5.41, 5.74) is -1.91. The van der Waals surface area contributed by atoms with Crippen LogP contribution in [-0.4, -0.2) is 63.9 Å². The lowest BCUT2D eigenvalue weighted by molar-refractivity contribution is -0.268. The fourth-order valence-electron chi connectivity index (χ4n) is 9.28. The molecule has 12 atom stereocenters. The molecule has 9 heteroatoms. The summed E-state index contributed by atoms with van der Waals surface area (Å²) in [5, 5.41) is 44.6. The molecular weight excluding hydrogens is 496 g/mol. The zero-order valence-electron chi connectivity index (χ0n) is 23.0. The molecule has 0 aromatic rings. The Labute approximate surface area is 222 Å². The maximum atomic E-state index is 11.7. The molecule has 0 aromatic heterocycles. The average molecular weight is 545 g/mol. The molecule has 0 bridgehead atoms. The molecule has 4 fully saturated rings. The molecule has 4 rings (SSSR count). The molecule has 0 amide bonds. The van der Waals surface area contributed by atoms with Gasteiger partial charge in [0.15, 0.2) is 0 Å². The molecule has 4 saturated carbocycles. The smallest absolute Gasteiger partial charge is 0.393 e. The van der Waals surface area contributed by atoms with Crippen LogP contribution < -0.4 is 0 Å². The molecule has 37 heavy (non-hydrogen) atoms. The highest BCUT2D eigenvalue weighted by atomic mass is 32.3. The summed E-state index contributed by atoms with van der Waals surface area (Å²) < 4.78 is 35.7. The fourth-order valence-corrected chi connectivity index (χ4v) is 9.61. The van der Waals surface area contributed by atoms with E-state index in [0.717, 1.165) is 12.8 Å². The summed E-state index contributed by atoms with van der Waals surface area (Å²) in [6.45, 7) is 10.3. The van der Waals surface area contributed by atoms with Crippen LogP contribution in [0.5, 0.6) is 0 Å². The van der Waals surface area contributed by atoms with Gasteiger partial charge >= 0.3 is 10.4 Å². The topological polar surface area (TPSA) is 145 Å². The van der Waals surface area contributed by atoms with Gasteiger partial charge in [-0.15, -0.1) is 0 Å². The Bertz CT molecular complexity index is 967. The van der Waals surface area contributed by atoms with E-state index in [9.17, 15) is 28.8 Å². The van der Waals surface area contributed by atoms with Gasteiger partial charge < -0.3 is 20.4 Å². The van der Waals surface area contributed by atoms with Gasteiger partial charge in [-0.1, -0.05) is 46.8 Å². The third-order valence-corrected chi connectivity index (χ3v) is 11.9. The highest BCUT2D eigenvalue weighted by molar-refractivity contribution is 7.80. The van der Waals surface area contributed by atoms with Crippen LogP contribution in [0.4, 0.5) is 0 Å². The van der Waals surface area contributed by atoms with E-state index in [2.05, 4.69) is 31.0 Å². The van der Waals surface area contributed by atoms with Crippen molar-refractivity contribution >= 4 is 10.4 Å². The number of aliphatic hydroxyl groups excluding tert-OH is 3. The van der Waals surface area contributed by atoms with Gasteiger partial charge in [0.25, 0.3) is 0 Å². The van der Waals surface area contributed by atoms with Crippen LogP contribution in [0.1, 0.15) is 79.6 Å². The van der Waals surface area contributed by atoms with Crippen LogP contribution in [-0.2, 0) is 14.6 Å². The van der Waals surface area contributed by atoms with Crippen molar-refractivity contribution in [1.82, 2.24) is 0 Å². The molecule has 0 radical (unpaired) electrons. The first kappa shape index (κ1) is 29.4. The van der Waals surface area contributed by atoms with Crippen molar-refractivity contribution in [3.05, 3.63) is 12.2 Å². The number of fused-ring (bicyclic) bond motifs is 5. The molecule has 0 aliphatic heterocycles. The van der Waals surface area contributed by atoms with E-state index >= 15 is 0 Å². The first-order valence-electron chi connectivity index (χ1n) is 14.1. The molecule has 214 valence electrons. The molecule has 0 heterocycles. The molecule has 8 nitrogen and oxygen atoms in total. The first-order valence-corrected chi connectivity index (χ1v) is 15.5. The molecule has 0 saturated heterocycles. The van der Waals surface area contributed by atoms with Crippen molar-refractivity contribution in [3.8, 4) is 0 Å². The number of hydrogen-bond donors (Lipinski definition) is 5. The van der Waals surface area contributed by atoms with Gasteiger partial charge in [-0.25, -0.2) is 4.18 Å². The van der Waals surface area contributed by atoms with Crippen LogP contribution >= 0.6 is 0 Å². The van der Waals surface area contributed by atoms with Gasteiger partial charge in [0.05, 0.1) is 30.5 Å². The standard InChI is InChI=1S/C28H48O8S/c1-16(2)18(15-36-37(33,34)35)7-6-17(3)22-13-23(30)25-20-12-24(31)28(32)14-19(29)8-11-27(28,5)21(20)9-10-26(22,25)4/h6-7,16-25,29-32H,8-15H2,1-5H3,(H,33,34,35)/b7-6+/t17-,18+,19+,20?,21?,22-,23?,24-,25?,26-,27-,28+/m1/s1. The van der Waals surface area contributed by atoms with Crippen molar-refractivity contribution < 1.29 is 37.6 Å². The number of hydrogen-bond acceptors (Lipinski definition) is 7. The zero-order chi connectivity index (χ0) is 27.6. The van der Waals surface area contributed by atoms with Gasteiger partial charge in [-0.2, -0.15) is 8.42 Å². The van der Waals surface area contributed by atoms with Gasteiger partial charge in [0.1, 0.15) is 0 Å². The summed E-state index contributed by atoms with van der Waals surface area (Å²) in [5.74, 6) is 0.626. The Morgan fingerprint density at radius 2 is 1.70 bits per heavy atom. The normalized spacial score (nSPS) is 47.9. The molecule has 4 aliphatic rings. The third-order valence-electron chi connectivity index (χ3n) is 11.5. The Morgan fingerprint density at radius 1 is 1.03 bits per heavy atom. The van der Waals surface area contributed by atoms with Crippen molar-refractivity contribution in [2.45, 2.75) is 103 Å². The monoisotopic (exact) mass is 544 g/mol. The molecule has 0 aromatic carbocycles. The highest BCUT2D eigenvalue weighted by Gasteiger charge is 2.68. The van der Waals surface area contributed by atoms with E-state index in [-0.39, 0.29) is 59.9 Å². The van der Waals surface area contributed by atoms with E-state index in [1.807, 2.05) is 19.9 Å². The van der Waals surface area contributed by atoms with Gasteiger partial charge in [0.2, 0.25) is 0 Å². The fraction of sp³-hybridized carbons (Fsp3) is 0.929. The molecular formula is C28H48O8S. The molecule has 4 unspecified atom stereocenters. The summed E-state index contributed by atoms with van der Waals surface area (Å²) >= 11 is 0. The number of rotatable bonds is 7.